The molecule has 37 heavy (non-hydrogen) atoms. The fourth-order valence-corrected chi connectivity index (χ4v) is 9.05. The number of amides is 1. The lowest BCUT2D eigenvalue weighted by Gasteiger charge is -2.57. The Balaban J connectivity index is 1.20. The zero-order valence-corrected chi connectivity index (χ0v) is 23.0. The summed E-state index contributed by atoms with van der Waals surface area (Å²) in [7, 11) is -3.93. The molecule has 4 fully saturated rings. The van der Waals surface area contributed by atoms with Gasteiger partial charge in [-0.15, -0.1) is 0 Å². The Morgan fingerprint density at radius 1 is 0.838 bits per heavy atom. The minimum Gasteiger partial charge on any atom is -0.325 e. The van der Waals surface area contributed by atoms with E-state index < -0.39 is 10.0 Å². The fourth-order valence-electron chi connectivity index (χ4n) is 7.34. The maximum absolute atomic E-state index is 13.5. The summed E-state index contributed by atoms with van der Waals surface area (Å²) in [5, 5.41) is 2.92. The molecule has 0 saturated heterocycles. The molecular formula is C30H31BrN2O3S. The van der Waals surface area contributed by atoms with Crippen molar-refractivity contribution in [2.45, 2.75) is 48.8 Å². The minimum atomic E-state index is -3.93. The molecule has 0 atom stereocenters. The second kappa shape index (κ2) is 9.59. The van der Waals surface area contributed by atoms with Crippen LogP contribution in [0.25, 0.3) is 0 Å². The molecule has 3 aromatic carbocycles. The van der Waals surface area contributed by atoms with Crippen LogP contribution in [0.15, 0.2) is 88.2 Å². The van der Waals surface area contributed by atoms with Gasteiger partial charge in [0.25, 0.3) is 10.0 Å². The summed E-state index contributed by atoms with van der Waals surface area (Å²) in [5.41, 5.74) is 2.82. The van der Waals surface area contributed by atoms with Crippen molar-refractivity contribution < 1.29 is 13.2 Å². The third-order valence-electron chi connectivity index (χ3n) is 8.55. The molecule has 1 amide bonds. The molecule has 0 radical (unpaired) electrons. The molecule has 7 rings (SSSR count). The smallest absolute Gasteiger partial charge is 0.264 e. The summed E-state index contributed by atoms with van der Waals surface area (Å²) in [6, 6.07) is 23.4. The number of hydrogen-bond donors (Lipinski definition) is 1. The number of nitrogens with one attached hydrogen (secondary N) is 1. The second-order valence-corrected chi connectivity index (χ2v) is 13.9. The Labute approximate surface area is 227 Å². The first-order valence-corrected chi connectivity index (χ1v) is 15.3. The van der Waals surface area contributed by atoms with Gasteiger partial charge in [-0.05, 0) is 116 Å². The van der Waals surface area contributed by atoms with E-state index in [1.807, 2.05) is 12.1 Å². The molecule has 4 aliphatic carbocycles. The largest absolute Gasteiger partial charge is 0.325 e. The van der Waals surface area contributed by atoms with Crippen molar-refractivity contribution in [3.63, 3.8) is 0 Å². The van der Waals surface area contributed by atoms with Crippen LogP contribution in [0, 0.1) is 17.8 Å². The first-order chi connectivity index (χ1) is 17.8. The zero-order chi connectivity index (χ0) is 25.6. The summed E-state index contributed by atoms with van der Waals surface area (Å²) < 4.78 is 29.0. The van der Waals surface area contributed by atoms with Crippen molar-refractivity contribution in [2.75, 3.05) is 16.2 Å². The van der Waals surface area contributed by atoms with Gasteiger partial charge in [0.1, 0.15) is 6.54 Å². The quantitative estimate of drug-likeness (QED) is 0.337. The Bertz CT molecular complexity index is 1350. The van der Waals surface area contributed by atoms with Crippen LogP contribution in [0.2, 0.25) is 0 Å². The Morgan fingerprint density at radius 2 is 1.41 bits per heavy atom. The van der Waals surface area contributed by atoms with Crippen LogP contribution in [0.3, 0.4) is 0 Å². The van der Waals surface area contributed by atoms with Crippen molar-refractivity contribution in [1.29, 1.82) is 0 Å². The summed E-state index contributed by atoms with van der Waals surface area (Å²) in [6.07, 6.45) is 8.12. The van der Waals surface area contributed by atoms with E-state index in [9.17, 15) is 13.2 Å². The van der Waals surface area contributed by atoms with Gasteiger partial charge in [0.15, 0.2) is 0 Å². The van der Waals surface area contributed by atoms with E-state index in [2.05, 4.69) is 33.4 Å². The Hall–Kier alpha value is -2.64. The summed E-state index contributed by atoms with van der Waals surface area (Å²) in [5.74, 6) is 2.25. The average molecular weight is 580 g/mol. The fraction of sp³-hybridized carbons (Fsp3) is 0.367. The molecule has 0 aromatic heterocycles. The maximum atomic E-state index is 13.5. The number of halogens is 1. The minimum absolute atomic E-state index is 0.144. The van der Waals surface area contributed by atoms with Crippen LogP contribution in [0.4, 0.5) is 11.4 Å². The molecule has 4 bridgehead atoms. The summed E-state index contributed by atoms with van der Waals surface area (Å²) >= 11 is 3.39. The lowest BCUT2D eigenvalue weighted by Crippen LogP contribution is -2.48. The number of rotatable bonds is 7. The van der Waals surface area contributed by atoms with E-state index in [-0.39, 0.29) is 17.3 Å². The van der Waals surface area contributed by atoms with Crippen LogP contribution in [-0.2, 0) is 20.2 Å². The highest BCUT2D eigenvalue weighted by Crippen LogP contribution is 2.60. The third-order valence-corrected chi connectivity index (χ3v) is 10.9. The van der Waals surface area contributed by atoms with Gasteiger partial charge in [0, 0.05) is 10.2 Å². The molecule has 5 nitrogen and oxygen atoms in total. The van der Waals surface area contributed by atoms with Crippen LogP contribution >= 0.6 is 15.9 Å². The van der Waals surface area contributed by atoms with Crippen molar-refractivity contribution in [3.05, 3.63) is 88.9 Å². The normalized spacial score (nSPS) is 26.1. The molecule has 7 heteroatoms. The highest BCUT2D eigenvalue weighted by Gasteiger charge is 2.51. The van der Waals surface area contributed by atoms with E-state index in [4.69, 9.17) is 0 Å². The summed E-state index contributed by atoms with van der Waals surface area (Å²) in [4.78, 5) is 13.3. The number of anilines is 2. The van der Waals surface area contributed by atoms with E-state index in [0.717, 1.165) is 26.5 Å². The van der Waals surface area contributed by atoms with Crippen molar-refractivity contribution in [2.24, 2.45) is 17.8 Å². The van der Waals surface area contributed by atoms with Gasteiger partial charge in [-0.25, -0.2) is 8.42 Å². The molecule has 0 heterocycles. The van der Waals surface area contributed by atoms with Crippen LogP contribution in [0.5, 0.6) is 0 Å². The molecule has 1 N–H and O–H groups in total. The predicted molar refractivity (Wildman–Crippen MR) is 150 cm³/mol. The van der Waals surface area contributed by atoms with Crippen LogP contribution < -0.4 is 9.62 Å². The number of sulfonamides is 1. The van der Waals surface area contributed by atoms with E-state index in [1.165, 1.54) is 44.1 Å². The van der Waals surface area contributed by atoms with Gasteiger partial charge in [-0.3, -0.25) is 9.10 Å². The number of carbonyl (C=O) groups excluding carboxylic acids is 1. The molecular weight excluding hydrogens is 548 g/mol. The highest BCUT2D eigenvalue weighted by atomic mass is 79.9. The zero-order valence-electron chi connectivity index (χ0n) is 20.6. The van der Waals surface area contributed by atoms with Crippen LogP contribution in [-0.4, -0.2) is 20.9 Å². The molecule has 0 unspecified atom stereocenters. The first-order valence-electron chi connectivity index (χ1n) is 13.0. The van der Waals surface area contributed by atoms with Gasteiger partial charge < -0.3 is 5.32 Å². The van der Waals surface area contributed by atoms with Crippen molar-refractivity contribution >= 4 is 43.2 Å². The number of nitrogens with zero attached hydrogens (tertiary/aromatic N) is 1. The van der Waals surface area contributed by atoms with E-state index in [1.54, 1.807) is 54.6 Å². The first kappa shape index (κ1) is 24.7. The molecule has 192 valence electrons. The van der Waals surface area contributed by atoms with Crippen molar-refractivity contribution in [1.82, 2.24) is 0 Å². The second-order valence-electron chi connectivity index (χ2n) is 11.1. The van der Waals surface area contributed by atoms with Gasteiger partial charge in [0.2, 0.25) is 5.91 Å². The molecule has 3 aromatic rings. The predicted octanol–water partition coefficient (Wildman–Crippen LogP) is 6.75. The average Bonchev–Trinajstić information content (AvgIpc) is 2.88. The standard InChI is InChI=1S/C30H31BrN2O3S/c31-25-8-12-27(13-9-25)33(37(35,36)28-4-2-1-3-5-28)20-29(34)32-26-10-6-24(7-11-26)30-17-21-14-22(18-30)16-23(15-21)19-30/h1-13,21-23H,14-20H2,(H,32,34). The number of carbonyl (C=O) groups is 1. The maximum Gasteiger partial charge on any atom is 0.264 e. The van der Waals surface area contributed by atoms with Gasteiger partial charge in [-0.2, -0.15) is 0 Å². The lowest BCUT2D eigenvalue weighted by molar-refractivity contribution is -0.114. The SMILES string of the molecule is O=C(CN(c1ccc(Br)cc1)S(=O)(=O)c1ccccc1)Nc1ccc(C23CC4CC(CC(C4)C2)C3)cc1. The number of hydrogen-bond acceptors (Lipinski definition) is 3. The van der Waals surface area contributed by atoms with Gasteiger partial charge >= 0.3 is 0 Å². The Morgan fingerprint density at radius 3 is 1.97 bits per heavy atom. The number of benzene rings is 3. The molecule has 4 saturated carbocycles. The topological polar surface area (TPSA) is 66.5 Å². The highest BCUT2D eigenvalue weighted by molar-refractivity contribution is 9.10. The molecule has 4 aliphatic rings. The molecule has 0 aliphatic heterocycles. The van der Waals surface area contributed by atoms with Gasteiger partial charge in [-0.1, -0.05) is 46.3 Å². The third kappa shape index (κ3) is 4.84. The monoisotopic (exact) mass is 578 g/mol. The van der Waals surface area contributed by atoms with Crippen LogP contribution in [0.1, 0.15) is 44.1 Å². The molecule has 0 spiro atoms. The van der Waals surface area contributed by atoms with E-state index >= 15 is 0 Å². The van der Waals surface area contributed by atoms with E-state index in [0.29, 0.717) is 16.8 Å². The van der Waals surface area contributed by atoms with Gasteiger partial charge in [0.05, 0.1) is 10.6 Å². The lowest BCUT2D eigenvalue weighted by atomic mass is 9.48. The Kier molecular flexibility index (Phi) is 6.40. The van der Waals surface area contributed by atoms with Crippen molar-refractivity contribution in [3.8, 4) is 0 Å². The summed E-state index contributed by atoms with van der Waals surface area (Å²) in [6.45, 7) is -0.324.